The van der Waals surface area contributed by atoms with Crippen LogP contribution >= 0.6 is 34.9 Å². The van der Waals surface area contributed by atoms with Gasteiger partial charge >= 0.3 is 0 Å². The normalized spacial score (nSPS) is 11.4. The van der Waals surface area contributed by atoms with Crippen LogP contribution in [-0.2, 0) is 10.5 Å². The number of hydrogen-bond donors (Lipinski definition) is 1. The molecule has 0 spiro atoms. The fraction of sp³-hybridized carbons (Fsp3) is 0.200. The highest BCUT2D eigenvalue weighted by Crippen LogP contribution is 2.30. The molecule has 0 aliphatic rings. The van der Waals surface area contributed by atoms with E-state index in [1.165, 1.54) is 34.2 Å². The molecule has 0 fully saturated rings. The third kappa shape index (κ3) is 6.47. The Morgan fingerprint density at radius 1 is 1.04 bits per heavy atom. The van der Waals surface area contributed by atoms with E-state index in [-0.39, 0.29) is 11.7 Å². The number of thioether (sulfide) groups is 2. The second-order valence-electron chi connectivity index (χ2n) is 6.00. The molecule has 0 saturated carbocycles. The van der Waals surface area contributed by atoms with Gasteiger partial charge in [0.1, 0.15) is 0 Å². The summed E-state index contributed by atoms with van der Waals surface area (Å²) in [4.78, 5) is 12.0. The van der Waals surface area contributed by atoms with Gasteiger partial charge in [0.15, 0.2) is 8.68 Å². The van der Waals surface area contributed by atoms with Crippen molar-refractivity contribution in [3.63, 3.8) is 0 Å². The zero-order chi connectivity index (χ0) is 19.8. The lowest BCUT2D eigenvalue weighted by Crippen LogP contribution is -2.21. The molecule has 0 aliphatic carbocycles. The molecule has 2 aromatic carbocycles. The van der Waals surface area contributed by atoms with E-state index in [2.05, 4.69) is 51.9 Å². The molecule has 28 heavy (non-hydrogen) atoms. The number of carbonyl (C=O) groups is 1. The van der Waals surface area contributed by atoms with Crippen molar-refractivity contribution in [2.45, 2.75) is 28.3 Å². The molecule has 1 amide bonds. The van der Waals surface area contributed by atoms with Crippen LogP contribution in [0.4, 0.5) is 0 Å². The number of hydrazone groups is 1. The molecule has 0 bridgehead atoms. The molecule has 144 valence electrons. The Morgan fingerprint density at radius 3 is 2.43 bits per heavy atom. The molecule has 8 heteroatoms. The van der Waals surface area contributed by atoms with Gasteiger partial charge in [-0.2, -0.15) is 5.10 Å². The van der Waals surface area contributed by atoms with E-state index in [4.69, 9.17) is 0 Å². The van der Waals surface area contributed by atoms with Gasteiger partial charge in [-0.1, -0.05) is 95.0 Å². The molecule has 1 heterocycles. The summed E-state index contributed by atoms with van der Waals surface area (Å²) in [6, 6.07) is 18.2. The maximum atomic E-state index is 12.0. The predicted octanol–water partition coefficient (Wildman–Crippen LogP) is 4.77. The smallest absolute Gasteiger partial charge is 0.250 e. The predicted molar refractivity (Wildman–Crippen MR) is 118 cm³/mol. The molecular weight excluding hydrogens is 408 g/mol. The summed E-state index contributed by atoms with van der Waals surface area (Å²) in [5.74, 6) is 0.945. The zero-order valence-corrected chi connectivity index (χ0v) is 18.0. The molecule has 0 saturated heterocycles. The number of carbonyl (C=O) groups excluding carboxylic acids is 1. The maximum Gasteiger partial charge on any atom is 0.250 e. The highest BCUT2D eigenvalue weighted by atomic mass is 32.2. The number of aryl methyl sites for hydroxylation is 1. The first-order valence-electron chi connectivity index (χ1n) is 8.63. The molecule has 0 atom stereocenters. The lowest BCUT2D eigenvalue weighted by Gasteiger charge is -2.02. The molecule has 0 aliphatic heterocycles. The molecule has 1 aromatic heterocycles. The zero-order valence-electron chi connectivity index (χ0n) is 15.6. The van der Waals surface area contributed by atoms with Crippen LogP contribution in [0.2, 0.25) is 0 Å². The molecular formula is C20H20N4OS3. The number of nitrogens with one attached hydrogen (secondary N) is 1. The molecule has 3 aromatic rings. The van der Waals surface area contributed by atoms with Gasteiger partial charge in [-0.3, -0.25) is 4.79 Å². The van der Waals surface area contributed by atoms with Crippen LogP contribution in [-0.4, -0.2) is 27.6 Å². The summed E-state index contributed by atoms with van der Waals surface area (Å²) < 4.78 is 1.69. The first-order chi connectivity index (χ1) is 13.6. The van der Waals surface area contributed by atoms with Gasteiger partial charge in [-0.25, -0.2) is 5.43 Å². The minimum Gasteiger partial charge on any atom is -0.272 e. The first-order valence-corrected chi connectivity index (χ1v) is 11.4. The molecule has 0 unspecified atom stereocenters. The number of nitrogens with zero attached hydrogens (tertiary/aromatic N) is 3. The van der Waals surface area contributed by atoms with Crippen LogP contribution in [0.5, 0.6) is 0 Å². The van der Waals surface area contributed by atoms with E-state index >= 15 is 0 Å². The van der Waals surface area contributed by atoms with Crippen molar-refractivity contribution in [1.29, 1.82) is 0 Å². The second-order valence-corrected chi connectivity index (χ2v) is 9.42. The van der Waals surface area contributed by atoms with Gasteiger partial charge in [0.05, 0.1) is 11.5 Å². The Labute approximate surface area is 177 Å². The molecule has 3 rings (SSSR count). The van der Waals surface area contributed by atoms with Crippen molar-refractivity contribution < 1.29 is 4.79 Å². The van der Waals surface area contributed by atoms with Crippen molar-refractivity contribution in [3.8, 4) is 0 Å². The summed E-state index contributed by atoms with van der Waals surface area (Å²) in [5, 5.41) is 12.5. The average Bonchev–Trinajstić information content (AvgIpc) is 3.18. The van der Waals surface area contributed by atoms with Crippen LogP contribution in [0.1, 0.15) is 23.6 Å². The molecule has 1 N–H and O–H groups in total. The maximum absolute atomic E-state index is 12.0. The minimum atomic E-state index is -0.163. The standard InChI is InChI=1S/C20H20N4OS3/c1-14-8-10-16(11-9-14)12-26-19-23-24-20(28-19)27-13-18(25)22-21-15(2)17-6-4-3-5-7-17/h3-11H,12-13H2,1-2H3,(H,22,25)/b21-15+. The SMILES string of the molecule is C/C(=N\NC(=O)CSc1nnc(SCc2ccc(C)cc2)s1)c1ccccc1. The second kappa shape index (κ2) is 10.4. The minimum absolute atomic E-state index is 0.163. The number of rotatable bonds is 8. The highest BCUT2D eigenvalue weighted by molar-refractivity contribution is 8.03. The van der Waals surface area contributed by atoms with Crippen LogP contribution in [0.15, 0.2) is 68.4 Å². The monoisotopic (exact) mass is 428 g/mol. The van der Waals surface area contributed by atoms with Gasteiger partial charge in [-0.15, -0.1) is 10.2 Å². The fourth-order valence-electron chi connectivity index (χ4n) is 2.19. The lowest BCUT2D eigenvalue weighted by molar-refractivity contribution is -0.118. The Hall–Kier alpha value is -2.16. The van der Waals surface area contributed by atoms with Crippen LogP contribution in [0.3, 0.4) is 0 Å². The lowest BCUT2D eigenvalue weighted by atomic mass is 10.1. The highest BCUT2D eigenvalue weighted by Gasteiger charge is 2.09. The Bertz CT molecular complexity index is 940. The van der Waals surface area contributed by atoms with Crippen molar-refractivity contribution in [3.05, 3.63) is 71.3 Å². The fourth-order valence-corrected chi connectivity index (χ4v) is 4.96. The van der Waals surface area contributed by atoms with Crippen LogP contribution < -0.4 is 5.43 Å². The van der Waals surface area contributed by atoms with Crippen molar-refractivity contribution in [1.82, 2.24) is 15.6 Å². The summed E-state index contributed by atoms with van der Waals surface area (Å²) in [7, 11) is 0. The van der Waals surface area contributed by atoms with E-state index in [0.29, 0.717) is 0 Å². The number of benzene rings is 2. The topological polar surface area (TPSA) is 67.2 Å². The summed E-state index contributed by atoms with van der Waals surface area (Å²) in [5.41, 5.74) is 6.85. The Balaban J connectivity index is 1.43. The van der Waals surface area contributed by atoms with Gasteiger partial charge in [-0.05, 0) is 25.0 Å². The largest absolute Gasteiger partial charge is 0.272 e. The van der Waals surface area contributed by atoms with Crippen LogP contribution in [0, 0.1) is 6.92 Å². The van der Waals surface area contributed by atoms with Crippen LogP contribution in [0.25, 0.3) is 0 Å². The van der Waals surface area contributed by atoms with Gasteiger partial charge in [0.25, 0.3) is 5.91 Å². The number of hydrogen-bond acceptors (Lipinski definition) is 7. The van der Waals surface area contributed by atoms with E-state index in [9.17, 15) is 4.79 Å². The Morgan fingerprint density at radius 2 is 1.71 bits per heavy atom. The first kappa shape index (κ1) is 20.6. The summed E-state index contributed by atoms with van der Waals surface area (Å²) in [6.07, 6.45) is 0. The number of aromatic nitrogens is 2. The van der Waals surface area contributed by atoms with E-state index in [1.54, 1.807) is 11.8 Å². The summed E-state index contributed by atoms with van der Waals surface area (Å²) >= 11 is 4.53. The average molecular weight is 429 g/mol. The number of amides is 1. The van der Waals surface area contributed by atoms with Gasteiger partial charge in [0, 0.05) is 5.75 Å². The van der Waals surface area contributed by atoms with E-state index < -0.39 is 0 Å². The van der Waals surface area contributed by atoms with Gasteiger partial charge < -0.3 is 0 Å². The third-order valence-electron chi connectivity index (χ3n) is 3.74. The van der Waals surface area contributed by atoms with E-state index in [0.717, 1.165) is 25.7 Å². The quantitative estimate of drug-likeness (QED) is 0.318. The van der Waals surface area contributed by atoms with Crippen molar-refractivity contribution >= 4 is 46.5 Å². The van der Waals surface area contributed by atoms with Crippen molar-refractivity contribution in [2.24, 2.45) is 5.10 Å². The third-order valence-corrected chi connectivity index (χ3v) is 7.00. The van der Waals surface area contributed by atoms with E-state index in [1.807, 2.05) is 37.3 Å². The summed E-state index contributed by atoms with van der Waals surface area (Å²) in [6.45, 7) is 3.95. The molecule has 0 radical (unpaired) electrons. The Kier molecular flexibility index (Phi) is 7.64. The van der Waals surface area contributed by atoms with Crippen molar-refractivity contribution in [2.75, 3.05) is 5.75 Å². The van der Waals surface area contributed by atoms with Gasteiger partial charge in [0.2, 0.25) is 0 Å². The molecule has 5 nitrogen and oxygen atoms in total.